The van der Waals surface area contributed by atoms with Crippen LogP contribution >= 0.6 is 0 Å². The van der Waals surface area contributed by atoms with Crippen LogP contribution < -0.4 is 0 Å². The van der Waals surface area contributed by atoms with Crippen molar-refractivity contribution >= 4 is 12.0 Å². The van der Waals surface area contributed by atoms with Crippen molar-refractivity contribution in [2.45, 2.75) is 32.7 Å². The van der Waals surface area contributed by atoms with E-state index >= 15 is 0 Å². The molecule has 0 fully saturated rings. The van der Waals surface area contributed by atoms with Crippen LogP contribution in [-0.4, -0.2) is 22.5 Å². The number of hydrogen-bond acceptors (Lipinski definition) is 3. The van der Waals surface area contributed by atoms with Gasteiger partial charge in [-0.1, -0.05) is 6.07 Å². The molecule has 0 atom stereocenters. The van der Waals surface area contributed by atoms with Crippen LogP contribution in [0.4, 0.5) is 0 Å². The van der Waals surface area contributed by atoms with Gasteiger partial charge in [0.05, 0.1) is 5.54 Å². The van der Waals surface area contributed by atoms with Crippen LogP contribution in [0.25, 0.3) is 0 Å². The van der Waals surface area contributed by atoms with Crippen LogP contribution in [-0.2, 0) is 0 Å². The Labute approximate surface area is 90.3 Å². The van der Waals surface area contributed by atoms with E-state index in [4.69, 9.17) is 0 Å². The third-order valence-electron chi connectivity index (χ3n) is 1.71. The minimum Gasteiger partial charge on any atom is -0.292 e. The molecule has 0 radical (unpaired) electrons. The zero-order valence-corrected chi connectivity index (χ0v) is 9.40. The molecule has 1 rings (SSSR count). The van der Waals surface area contributed by atoms with Crippen molar-refractivity contribution in [1.29, 1.82) is 0 Å². The SMILES string of the molecule is CC(C)(C)N=CCC(=O)c1ccccn1. The second kappa shape index (κ2) is 4.82. The Morgan fingerprint density at radius 2 is 2.20 bits per heavy atom. The minimum atomic E-state index is -0.121. The molecule has 0 bridgehead atoms. The summed E-state index contributed by atoms with van der Waals surface area (Å²) in [5.74, 6) is 0.00333. The number of Topliss-reactive ketones (excluding diaryl/α,β-unsaturated/α-hetero) is 1. The molecular weight excluding hydrogens is 188 g/mol. The smallest absolute Gasteiger partial charge is 0.186 e. The molecule has 0 spiro atoms. The molecular formula is C12H16N2O. The molecule has 0 aliphatic carbocycles. The number of ketones is 1. The van der Waals surface area contributed by atoms with Crippen molar-refractivity contribution in [1.82, 2.24) is 4.98 Å². The lowest BCUT2D eigenvalue weighted by atomic mass is 10.1. The zero-order chi connectivity index (χ0) is 11.3. The highest BCUT2D eigenvalue weighted by molar-refractivity contribution is 6.02. The molecule has 1 aromatic rings. The molecule has 0 aromatic carbocycles. The van der Waals surface area contributed by atoms with E-state index in [1.165, 1.54) is 0 Å². The lowest BCUT2D eigenvalue weighted by Gasteiger charge is -2.10. The van der Waals surface area contributed by atoms with Gasteiger partial charge < -0.3 is 0 Å². The van der Waals surface area contributed by atoms with E-state index in [0.29, 0.717) is 12.1 Å². The molecule has 15 heavy (non-hydrogen) atoms. The largest absolute Gasteiger partial charge is 0.292 e. The topological polar surface area (TPSA) is 42.3 Å². The number of rotatable bonds is 3. The van der Waals surface area contributed by atoms with E-state index < -0.39 is 0 Å². The number of aliphatic imine (C=N–C) groups is 1. The Bertz CT molecular complexity index is 350. The Morgan fingerprint density at radius 3 is 2.73 bits per heavy atom. The van der Waals surface area contributed by atoms with Gasteiger partial charge in [0.1, 0.15) is 5.69 Å². The third kappa shape index (κ3) is 4.49. The maximum atomic E-state index is 11.6. The Hall–Kier alpha value is -1.51. The number of aromatic nitrogens is 1. The Kier molecular flexibility index (Phi) is 3.72. The molecule has 0 N–H and O–H groups in total. The van der Waals surface area contributed by atoms with Gasteiger partial charge in [-0.05, 0) is 32.9 Å². The third-order valence-corrected chi connectivity index (χ3v) is 1.71. The molecule has 0 unspecified atom stereocenters. The fourth-order valence-electron chi connectivity index (χ4n) is 1.03. The van der Waals surface area contributed by atoms with E-state index in [2.05, 4.69) is 9.98 Å². The molecule has 0 aliphatic heterocycles. The van der Waals surface area contributed by atoms with Crippen molar-refractivity contribution in [2.24, 2.45) is 4.99 Å². The van der Waals surface area contributed by atoms with Crippen LogP contribution in [0.15, 0.2) is 29.4 Å². The summed E-state index contributed by atoms with van der Waals surface area (Å²) in [5, 5.41) is 0. The van der Waals surface area contributed by atoms with Gasteiger partial charge >= 0.3 is 0 Å². The molecule has 3 nitrogen and oxygen atoms in total. The maximum Gasteiger partial charge on any atom is 0.186 e. The van der Waals surface area contributed by atoms with Crippen LogP contribution in [0.1, 0.15) is 37.7 Å². The first-order valence-electron chi connectivity index (χ1n) is 4.97. The normalized spacial score (nSPS) is 11.9. The standard InChI is InChI=1S/C12H16N2O/c1-12(2,3)14-9-7-11(15)10-6-4-5-8-13-10/h4-6,8-9H,7H2,1-3H3. The Morgan fingerprint density at radius 1 is 1.47 bits per heavy atom. The van der Waals surface area contributed by atoms with Crippen molar-refractivity contribution in [2.75, 3.05) is 0 Å². The fourth-order valence-corrected chi connectivity index (χ4v) is 1.03. The number of nitrogens with zero attached hydrogens (tertiary/aromatic N) is 2. The van der Waals surface area contributed by atoms with Gasteiger partial charge in [-0.2, -0.15) is 0 Å². The Balaban J connectivity index is 2.55. The van der Waals surface area contributed by atoms with E-state index in [1.807, 2.05) is 20.8 Å². The first-order chi connectivity index (χ1) is 6.99. The number of carbonyl (C=O) groups excluding carboxylic acids is 1. The van der Waals surface area contributed by atoms with E-state index in [0.717, 1.165) is 0 Å². The summed E-state index contributed by atoms with van der Waals surface area (Å²) < 4.78 is 0. The predicted octanol–water partition coefficient (Wildman–Crippen LogP) is 2.52. The summed E-state index contributed by atoms with van der Waals surface area (Å²) in [6.07, 6.45) is 3.60. The maximum absolute atomic E-state index is 11.6. The number of hydrogen-bond donors (Lipinski definition) is 0. The molecule has 0 saturated carbocycles. The van der Waals surface area contributed by atoms with Crippen molar-refractivity contribution in [3.05, 3.63) is 30.1 Å². The van der Waals surface area contributed by atoms with Gasteiger partial charge in [-0.25, -0.2) is 0 Å². The van der Waals surface area contributed by atoms with E-state index in [1.54, 1.807) is 30.6 Å². The first kappa shape index (κ1) is 11.6. The molecule has 0 saturated heterocycles. The summed E-state index contributed by atoms with van der Waals surface area (Å²) in [6, 6.07) is 5.31. The van der Waals surface area contributed by atoms with Crippen LogP contribution in [0.3, 0.4) is 0 Å². The molecule has 3 heteroatoms. The van der Waals surface area contributed by atoms with E-state index in [-0.39, 0.29) is 11.3 Å². The van der Waals surface area contributed by atoms with Crippen molar-refractivity contribution in [3.8, 4) is 0 Å². The predicted molar refractivity (Wildman–Crippen MR) is 61.4 cm³/mol. The van der Waals surface area contributed by atoms with E-state index in [9.17, 15) is 4.79 Å². The average molecular weight is 204 g/mol. The summed E-state index contributed by atoms with van der Waals surface area (Å²) >= 11 is 0. The number of carbonyl (C=O) groups is 1. The average Bonchev–Trinajstić information content (AvgIpc) is 2.17. The summed E-state index contributed by atoms with van der Waals surface area (Å²) in [7, 11) is 0. The van der Waals surface area contributed by atoms with Gasteiger partial charge in [0.25, 0.3) is 0 Å². The minimum absolute atomic E-state index is 0.00333. The van der Waals surface area contributed by atoms with Gasteiger partial charge in [0.15, 0.2) is 5.78 Å². The highest BCUT2D eigenvalue weighted by Gasteiger charge is 2.07. The van der Waals surface area contributed by atoms with Crippen LogP contribution in [0, 0.1) is 0 Å². The molecule has 1 heterocycles. The first-order valence-corrected chi connectivity index (χ1v) is 4.97. The summed E-state index contributed by atoms with van der Waals surface area (Å²) in [4.78, 5) is 19.8. The zero-order valence-electron chi connectivity index (χ0n) is 9.40. The highest BCUT2D eigenvalue weighted by Crippen LogP contribution is 2.05. The van der Waals surface area contributed by atoms with Crippen LogP contribution in [0.5, 0.6) is 0 Å². The second-order valence-corrected chi connectivity index (χ2v) is 4.32. The fraction of sp³-hybridized carbons (Fsp3) is 0.417. The monoisotopic (exact) mass is 204 g/mol. The quantitative estimate of drug-likeness (QED) is 0.561. The summed E-state index contributed by atoms with van der Waals surface area (Å²) in [5.41, 5.74) is 0.377. The van der Waals surface area contributed by atoms with Gasteiger partial charge in [0.2, 0.25) is 0 Å². The van der Waals surface area contributed by atoms with Crippen LogP contribution in [0.2, 0.25) is 0 Å². The number of pyridine rings is 1. The molecule has 80 valence electrons. The van der Waals surface area contributed by atoms with Gasteiger partial charge in [-0.3, -0.25) is 14.8 Å². The second-order valence-electron chi connectivity index (χ2n) is 4.32. The van der Waals surface area contributed by atoms with Gasteiger partial charge in [0, 0.05) is 18.8 Å². The molecule has 0 aliphatic rings. The lowest BCUT2D eigenvalue weighted by Crippen LogP contribution is -2.11. The molecule has 1 aromatic heterocycles. The van der Waals surface area contributed by atoms with Crippen molar-refractivity contribution in [3.63, 3.8) is 0 Å². The molecule has 0 amide bonds. The van der Waals surface area contributed by atoms with Gasteiger partial charge in [-0.15, -0.1) is 0 Å². The highest BCUT2D eigenvalue weighted by atomic mass is 16.1. The van der Waals surface area contributed by atoms with Crippen molar-refractivity contribution < 1.29 is 4.79 Å². The summed E-state index contributed by atoms with van der Waals surface area (Å²) in [6.45, 7) is 5.98. The lowest BCUT2D eigenvalue weighted by molar-refractivity contribution is 0.0997.